The normalized spacial score (nSPS) is 25.3. The Hall–Kier alpha value is -3.63. The van der Waals surface area contributed by atoms with E-state index in [1.807, 2.05) is 29.4 Å². The molecule has 12 nitrogen and oxygen atoms in total. The van der Waals surface area contributed by atoms with Gasteiger partial charge < -0.3 is 23.8 Å². The predicted octanol–water partition coefficient (Wildman–Crippen LogP) is 4.45. The fourth-order valence-corrected chi connectivity index (χ4v) is 5.79. The number of amidine groups is 1. The number of pyridine rings is 1. The maximum absolute atomic E-state index is 13.1. The minimum absolute atomic E-state index is 0.106. The number of aromatic nitrogens is 4. The van der Waals surface area contributed by atoms with Crippen molar-refractivity contribution < 1.29 is 32.1 Å². The standard InChI is InChI=1S/C32H38ClF3N8O4/c33-24-5-4-22(18-45-21-46-20-24)19-48-29-3-1-2-26(39-29)23-7-12-43(13-8-23)17-28-38-10-6-27(30-40-31(42-41-30)32(34,35)36)37-11-14-44(28)16-25-9-15-47-25/h1-6,11,23,25H,7-10,12-21H2,(H,40,41,42)/b22-4+,24-5+,27-6-,37-11?,38-28?/t25-/m0/s1. The van der Waals surface area contributed by atoms with E-state index >= 15 is 0 Å². The highest BCUT2D eigenvalue weighted by Gasteiger charge is 2.35. The first-order valence-electron chi connectivity index (χ1n) is 15.9. The van der Waals surface area contributed by atoms with Gasteiger partial charge in [0.05, 0.1) is 39.0 Å². The number of allylic oxidation sites excluding steroid dienone is 2. The minimum atomic E-state index is -4.62. The molecule has 0 unspecified atom stereocenters. The van der Waals surface area contributed by atoms with Crippen molar-refractivity contribution in [1.82, 2.24) is 30.0 Å². The van der Waals surface area contributed by atoms with Crippen molar-refractivity contribution >= 4 is 29.3 Å². The van der Waals surface area contributed by atoms with Crippen molar-refractivity contribution in [2.45, 2.75) is 37.5 Å². The van der Waals surface area contributed by atoms with E-state index in [1.54, 1.807) is 18.4 Å². The van der Waals surface area contributed by atoms with Crippen LogP contribution in [0.15, 0.2) is 57.0 Å². The monoisotopic (exact) mass is 690 g/mol. The molecule has 6 rings (SSSR count). The van der Waals surface area contributed by atoms with Crippen LogP contribution >= 0.6 is 11.6 Å². The van der Waals surface area contributed by atoms with Crippen LogP contribution in [0.4, 0.5) is 13.2 Å². The van der Waals surface area contributed by atoms with Gasteiger partial charge in [-0.2, -0.15) is 18.3 Å². The number of nitrogens with one attached hydrogen (secondary N) is 1. The Morgan fingerprint density at radius 2 is 1.90 bits per heavy atom. The predicted molar refractivity (Wildman–Crippen MR) is 173 cm³/mol. The molecule has 2 fully saturated rings. The number of aliphatic imine (C=N–C) groups is 2. The Bertz CT molecular complexity index is 1550. The van der Waals surface area contributed by atoms with Gasteiger partial charge in [-0.1, -0.05) is 23.7 Å². The molecule has 2 aromatic rings. The van der Waals surface area contributed by atoms with Crippen molar-refractivity contribution in [3.63, 3.8) is 0 Å². The molecule has 4 aliphatic rings. The molecule has 6 heterocycles. The van der Waals surface area contributed by atoms with E-state index in [0.717, 1.165) is 56.1 Å². The lowest BCUT2D eigenvalue weighted by Gasteiger charge is -2.37. The van der Waals surface area contributed by atoms with Gasteiger partial charge in [-0.15, -0.1) is 0 Å². The largest absolute Gasteiger partial charge is 0.473 e. The topological polar surface area (TPSA) is 123 Å². The summed E-state index contributed by atoms with van der Waals surface area (Å²) in [4.78, 5) is 22.2. The Labute approximate surface area is 281 Å². The van der Waals surface area contributed by atoms with E-state index in [2.05, 4.69) is 24.9 Å². The summed E-state index contributed by atoms with van der Waals surface area (Å²) in [5, 5.41) is 6.28. The zero-order valence-electron chi connectivity index (χ0n) is 26.4. The summed E-state index contributed by atoms with van der Waals surface area (Å²) < 4.78 is 61.8. The number of rotatable bonds is 9. The number of alkyl halides is 3. The van der Waals surface area contributed by atoms with Crippen LogP contribution in [0.5, 0.6) is 5.88 Å². The van der Waals surface area contributed by atoms with E-state index in [-0.39, 0.29) is 31.0 Å². The van der Waals surface area contributed by atoms with Gasteiger partial charge >= 0.3 is 6.18 Å². The molecular weight excluding hydrogens is 653 g/mol. The average Bonchev–Trinajstić information content (AvgIpc) is 3.61. The van der Waals surface area contributed by atoms with Crippen molar-refractivity contribution in [2.75, 3.05) is 72.5 Å². The van der Waals surface area contributed by atoms with Crippen LogP contribution in [0, 0.1) is 0 Å². The van der Waals surface area contributed by atoms with E-state index < -0.39 is 12.0 Å². The lowest BCUT2D eigenvalue weighted by Crippen LogP contribution is -2.48. The summed E-state index contributed by atoms with van der Waals surface area (Å²) in [7, 11) is 0. The first kappa shape index (κ1) is 34.2. The molecule has 16 heteroatoms. The second-order valence-corrected chi connectivity index (χ2v) is 12.3. The molecule has 1 atom stereocenters. The molecule has 1 N–H and O–H groups in total. The van der Waals surface area contributed by atoms with Gasteiger partial charge in [0.1, 0.15) is 24.9 Å². The van der Waals surface area contributed by atoms with Gasteiger partial charge in [-0.3, -0.25) is 20.0 Å². The van der Waals surface area contributed by atoms with Crippen LogP contribution in [-0.2, 0) is 20.4 Å². The van der Waals surface area contributed by atoms with E-state index in [0.29, 0.717) is 56.3 Å². The second kappa shape index (κ2) is 16.2. The minimum Gasteiger partial charge on any atom is -0.473 e. The Morgan fingerprint density at radius 3 is 2.67 bits per heavy atom. The summed E-state index contributed by atoms with van der Waals surface area (Å²) >= 11 is 6.14. The molecule has 0 saturated carbocycles. The summed E-state index contributed by atoms with van der Waals surface area (Å²) in [5.74, 6) is 0.461. The molecule has 0 aliphatic carbocycles. The van der Waals surface area contributed by atoms with Crippen LogP contribution in [0.3, 0.4) is 0 Å². The fraction of sp³-hybridized carbons (Fsp3) is 0.531. The molecule has 4 aliphatic heterocycles. The molecule has 2 aromatic heterocycles. The third-order valence-corrected chi connectivity index (χ3v) is 8.61. The van der Waals surface area contributed by atoms with Crippen LogP contribution in [0.1, 0.15) is 42.5 Å². The van der Waals surface area contributed by atoms with E-state index in [9.17, 15) is 13.2 Å². The number of H-pyrrole nitrogens is 1. The quantitative estimate of drug-likeness (QED) is 0.407. The first-order chi connectivity index (χ1) is 23.3. The number of ether oxygens (including phenoxy) is 4. The lowest BCUT2D eigenvalue weighted by atomic mass is 9.93. The molecule has 0 bridgehead atoms. The average molecular weight is 691 g/mol. The molecule has 258 valence electrons. The van der Waals surface area contributed by atoms with Crippen LogP contribution in [-0.4, -0.2) is 121 Å². The Balaban J connectivity index is 1.07. The lowest BCUT2D eigenvalue weighted by molar-refractivity contribution is -0.144. The third-order valence-electron chi connectivity index (χ3n) is 8.37. The smallest absolute Gasteiger partial charge is 0.451 e. The molecular formula is C32H38ClF3N8O4. The zero-order chi connectivity index (χ0) is 33.3. The molecule has 48 heavy (non-hydrogen) atoms. The second-order valence-electron chi connectivity index (χ2n) is 11.8. The van der Waals surface area contributed by atoms with Crippen molar-refractivity contribution in [3.8, 4) is 5.88 Å². The molecule has 0 amide bonds. The van der Waals surface area contributed by atoms with Gasteiger partial charge in [0.2, 0.25) is 11.7 Å². The summed E-state index contributed by atoms with van der Waals surface area (Å²) in [6.07, 6.45) is 5.32. The van der Waals surface area contributed by atoms with Crippen molar-refractivity contribution in [2.24, 2.45) is 9.98 Å². The molecule has 2 saturated heterocycles. The number of nitrogens with zero attached hydrogens (tertiary/aromatic N) is 7. The number of aromatic amines is 1. The van der Waals surface area contributed by atoms with Gasteiger partial charge in [0.15, 0.2) is 5.82 Å². The van der Waals surface area contributed by atoms with Crippen molar-refractivity contribution in [3.05, 3.63) is 64.4 Å². The van der Waals surface area contributed by atoms with E-state index in [1.165, 1.54) is 0 Å². The highest BCUT2D eigenvalue weighted by molar-refractivity contribution is 6.29. The molecule has 0 radical (unpaired) electrons. The highest BCUT2D eigenvalue weighted by atomic mass is 35.5. The summed E-state index contributed by atoms with van der Waals surface area (Å²) in [6, 6.07) is 5.88. The maximum Gasteiger partial charge on any atom is 0.451 e. The number of hydrogen-bond acceptors (Lipinski definition) is 11. The summed E-state index contributed by atoms with van der Waals surface area (Å²) in [5.41, 5.74) is 2.17. The van der Waals surface area contributed by atoms with Gasteiger partial charge in [-0.25, -0.2) is 9.97 Å². The molecule has 0 aromatic carbocycles. The fourth-order valence-electron chi connectivity index (χ4n) is 5.65. The number of halogens is 4. The van der Waals surface area contributed by atoms with Gasteiger partial charge in [-0.05, 0) is 56.1 Å². The zero-order valence-corrected chi connectivity index (χ0v) is 27.1. The van der Waals surface area contributed by atoms with Crippen molar-refractivity contribution in [1.29, 1.82) is 0 Å². The summed E-state index contributed by atoms with van der Waals surface area (Å²) in [6.45, 7) is 5.58. The Morgan fingerprint density at radius 1 is 1.06 bits per heavy atom. The van der Waals surface area contributed by atoms with Gasteiger partial charge in [0, 0.05) is 42.1 Å². The Kier molecular flexibility index (Phi) is 11.5. The molecule has 0 spiro atoms. The first-order valence-corrected chi connectivity index (χ1v) is 16.3. The van der Waals surface area contributed by atoms with Crippen LogP contribution < -0.4 is 4.74 Å². The third kappa shape index (κ3) is 9.50. The van der Waals surface area contributed by atoms with Crippen LogP contribution in [0.2, 0.25) is 0 Å². The number of piperidine rings is 1. The van der Waals surface area contributed by atoms with Gasteiger partial charge in [0.25, 0.3) is 0 Å². The number of hydrogen-bond donors (Lipinski definition) is 1. The highest BCUT2D eigenvalue weighted by Crippen LogP contribution is 2.29. The van der Waals surface area contributed by atoms with E-state index in [4.69, 9.17) is 40.5 Å². The number of likely N-dealkylation sites (tertiary alicyclic amines) is 1. The van der Waals surface area contributed by atoms with Crippen LogP contribution in [0.25, 0.3) is 5.70 Å². The SMILES string of the molecule is FC(F)(F)c1nc(/C2=C/CN=C(CN3CCC(c4cccc(OC/C5=C/C=C(/Cl)COCOC5)n4)CC3)N(C[C@@H]3CCO3)CC=N2)n[nH]1. The maximum atomic E-state index is 13.1.